The number of hydrogen-bond donors (Lipinski definition) is 2. The molecular formula is C20H23N3O3. The molecule has 1 atom stereocenters. The molecule has 0 aromatic heterocycles. The van der Waals surface area contributed by atoms with E-state index in [9.17, 15) is 9.59 Å². The third-order valence-corrected chi connectivity index (χ3v) is 4.30. The highest BCUT2D eigenvalue weighted by atomic mass is 16.5. The summed E-state index contributed by atoms with van der Waals surface area (Å²) in [6, 6.07) is 16.6. The number of benzene rings is 2. The normalized spacial score (nSPS) is 16.5. The van der Waals surface area contributed by atoms with E-state index < -0.39 is 0 Å². The molecule has 0 spiro atoms. The molecule has 0 saturated carbocycles. The number of nitrogens with zero attached hydrogens (tertiary/aromatic N) is 1. The third kappa shape index (κ3) is 4.99. The van der Waals surface area contributed by atoms with E-state index in [1.54, 1.807) is 17.0 Å². The van der Waals surface area contributed by atoms with Crippen LogP contribution in [0.5, 0.6) is 5.75 Å². The molecule has 136 valence electrons. The number of amides is 2. The van der Waals surface area contributed by atoms with Gasteiger partial charge in [-0.1, -0.05) is 30.3 Å². The minimum atomic E-state index is -0.152. The summed E-state index contributed by atoms with van der Waals surface area (Å²) in [4.78, 5) is 26.0. The maximum absolute atomic E-state index is 12.2. The summed E-state index contributed by atoms with van der Waals surface area (Å²) in [5.74, 6) is 0.738. The Morgan fingerprint density at radius 3 is 2.62 bits per heavy atom. The number of hydrogen-bond acceptors (Lipinski definition) is 4. The van der Waals surface area contributed by atoms with Crippen LogP contribution in [0.2, 0.25) is 0 Å². The topological polar surface area (TPSA) is 84.7 Å². The molecule has 0 radical (unpaired) electrons. The summed E-state index contributed by atoms with van der Waals surface area (Å²) in [5.41, 5.74) is 7.21. The molecule has 0 bridgehead atoms. The van der Waals surface area contributed by atoms with Crippen LogP contribution in [-0.4, -0.2) is 42.5 Å². The zero-order valence-electron chi connectivity index (χ0n) is 14.6. The Morgan fingerprint density at radius 1 is 1.15 bits per heavy atom. The molecule has 2 aromatic rings. The van der Waals surface area contributed by atoms with Crippen molar-refractivity contribution in [1.29, 1.82) is 0 Å². The number of rotatable bonds is 7. The minimum Gasteiger partial charge on any atom is -0.492 e. The largest absolute Gasteiger partial charge is 0.492 e. The van der Waals surface area contributed by atoms with E-state index in [0.29, 0.717) is 31.8 Å². The molecule has 0 aliphatic carbocycles. The predicted octanol–water partition coefficient (Wildman–Crippen LogP) is 1.61. The first-order valence-corrected chi connectivity index (χ1v) is 8.69. The molecule has 1 unspecified atom stereocenters. The van der Waals surface area contributed by atoms with E-state index in [1.807, 2.05) is 42.5 Å². The van der Waals surface area contributed by atoms with E-state index in [1.165, 1.54) is 0 Å². The molecule has 2 amide bonds. The van der Waals surface area contributed by atoms with Crippen LogP contribution in [0.25, 0.3) is 0 Å². The Hall–Kier alpha value is -3.02. The van der Waals surface area contributed by atoms with Crippen molar-refractivity contribution in [2.75, 3.05) is 25.4 Å². The van der Waals surface area contributed by atoms with Crippen LogP contribution in [0.3, 0.4) is 0 Å². The van der Waals surface area contributed by atoms with E-state index in [0.717, 1.165) is 11.3 Å². The number of ether oxygens (including phenoxy) is 1. The Balaban J connectivity index is 1.42. The number of carbonyl (C=O) groups is 2. The highest BCUT2D eigenvalue weighted by molar-refractivity contribution is 5.83. The molecule has 3 N–H and O–H groups in total. The first-order valence-electron chi connectivity index (χ1n) is 8.69. The molecule has 3 rings (SSSR count). The monoisotopic (exact) mass is 353 g/mol. The summed E-state index contributed by atoms with van der Waals surface area (Å²) in [6.07, 6.45) is 0.612. The van der Waals surface area contributed by atoms with Crippen molar-refractivity contribution in [1.82, 2.24) is 10.2 Å². The maximum Gasteiger partial charge on any atom is 0.224 e. The molecule has 6 heteroatoms. The molecule has 2 aromatic carbocycles. The summed E-state index contributed by atoms with van der Waals surface area (Å²) >= 11 is 0. The smallest absolute Gasteiger partial charge is 0.224 e. The fourth-order valence-corrected chi connectivity index (χ4v) is 2.97. The summed E-state index contributed by atoms with van der Waals surface area (Å²) in [5, 5.41) is 2.94. The fraction of sp³-hybridized carbons (Fsp3) is 0.300. The average Bonchev–Trinajstić information content (AvgIpc) is 2.97. The number of nitrogens with two attached hydrogens (primary N) is 1. The second-order valence-corrected chi connectivity index (χ2v) is 6.39. The van der Waals surface area contributed by atoms with Crippen LogP contribution < -0.4 is 15.8 Å². The molecule has 1 fully saturated rings. The lowest BCUT2D eigenvalue weighted by Gasteiger charge is -2.17. The first-order chi connectivity index (χ1) is 12.6. The SMILES string of the molecule is Nc1ccc(CC(=O)NC2CC(=O)N(CCOc3ccccc3)C2)cc1. The van der Waals surface area contributed by atoms with Gasteiger partial charge in [-0.3, -0.25) is 9.59 Å². The van der Waals surface area contributed by atoms with E-state index >= 15 is 0 Å². The number of carbonyl (C=O) groups excluding carboxylic acids is 2. The van der Waals surface area contributed by atoms with Gasteiger partial charge in [0.15, 0.2) is 0 Å². The van der Waals surface area contributed by atoms with Gasteiger partial charge in [0.1, 0.15) is 12.4 Å². The van der Waals surface area contributed by atoms with Crippen LogP contribution in [0.4, 0.5) is 5.69 Å². The molecule has 1 heterocycles. The molecule has 1 saturated heterocycles. The Labute approximate surface area is 152 Å². The number of nitrogen functional groups attached to an aromatic ring is 1. The lowest BCUT2D eigenvalue weighted by atomic mass is 10.1. The fourth-order valence-electron chi connectivity index (χ4n) is 2.97. The molecule has 1 aliphatic heterocycles. The second-order valence-electron chi connectivity index (χ2n) is 6.39. The Bertz CT molecular complexity index is 747. The standard InChI is InChI=1S/C20H23N3O3/c21-16-8-6-15(7-9-16)12-19(24)22-17-13-20(25)23(14-17)10-11-26-18-4-2-1-3-5-18/h1-9,17H,10-14,21H2,(H,22,24). The van der Waals surface area contributed by atoms with Gasteiger partial charge in [0.25, 0.3) is 0 Å². The molecule has 26 heavy (non-hydrogen) atoms. The van der Waals surface area contributed by atoms with Gasteiger partial charge in [-0.2, -0.15) is 0 Å². The number of anilines is 1. The summed E-state index contributed by atoms with van der Waals surface area (Å²) in [7, 11) is 0. The summed E-state index contributed by atoms with van der Waals surface area (Å²) in [6.45, 7) is 1.46. The van der Waals surface area contributed by atoms with Crippen molar-refractivity contribution in [3.63, 3.8) is 0 Å². The highest BCUT2D eigenvalue weighted by Crippen LogP contribution is 2.13. The average molecular weight is 353 g/mol. The first kappa shape index (κ1) is 17.8. The quantitative estimate of drug-likeness (QED) is 0.741. The lowest BCUT2D eigenvalue weighted by Crippen LogP contribution is -2.38. The van der Waals surface area contributed by atoms with E-state index in [4.69, 9.17) is 10.5 Å². The third-order valence-electron chi connectivity index (χ3n) is 4.30. The van der Waals surface area contributed by atoms with Crippen molar-refractivity contribution in [3.05, 3.63) is 60.2 Å². The van der Waals surface area contributed by atoms with Crippen molar-refractivity contribution >= 4 is 17.5 Å². The zero-order chi connectivity index (χ0) is 18.4. The van der Waals surface area contributed by atoms with Gasteiger partial charge in [0.2, 0.25) is 11.8 Å². The summed E-state index contributed by atoms with van der Waals surface area (Å²) < 4.78 is 5.63. The van der Waals surface area contributed by atoms with Crippen LogP contribution in [0, 0.1) is 0 Å². The van der Waals surface area contributed by atoms with Crippen LogP contribution in [0.1, 0.15) is 12.0 Å². The van der Waals surface area contributed by atoms with Crippen LogP contribution >= 0.6 is 0 Å². The van der Waals surface area contributed by atoms with Gasteiger partial charge in [-0.05, 0) is 29.8 Å². The number of para-hydroxylation sites is 1. The predicted molar refractivity (Wildman–Crippen MR) is 99.6 cm³/mol. The Morgan fingerprint density at radius 2 is 1.88 bits per heavy atom. The van der Waals surface area contributed by atoms with Gasteiger partial charge < -0.3 is 20.7 Å². The van der Waals surface area contributed by atoms with Crippen molar-refractivity contribution in [3.8, 4) is 5.75 Å². The number of nitrogens with one attached hydrogen (secondary N) is 1. The van der Waals surface area contributed by atoms with E-state index in [-0.39, 0.29) is 24.3 Å². The Kier molecular flexibility index (Phi) is 5.73. The maximum atomic E-state index is 12.2. The van der Waals surface area contributed by atoms with Gasteiger partial charge in [0.05, 0.1) is 19.0 Å². The zero-order valence-corrected chi connectivity index (χ0v) is 14.6. The van der Waals surface area contributed by atoms with Gasteiger partial charge in [-0.25, -0.2) is 0 Å². The molecule has 6 nitrogen and oxygen atoms in total. The second kappa shape index (κ2) is 8.38. The highest BCUT2D eigenvalue weighted by Gasteiger charge is 2.30. The number of likely N-dealkylation sites (tertiary alicyclic amines) is 1. The minimum absolute atomic E-state index is 0.0412. The van der Waals surface area contributed by atoms with Gasteiger partial charge in [-0.15, -0.1) is 0 Å². The molecule has 1 aliphatic rings. The van der Waals surface area contributed by atoms with Gasteiger partial charge in [0, 0.05) is 18.7 Å². The van der Waals surface area contributed by atoms with E-state index in [2.05, 4.69) is 5.32 Å². The van der Waals surface area contributed by atoms with Crippen LogP contribution in [0.15, 0.2) is 54.6 Å². The van der Waals surface area contributed by atoms with Crippen molar-refractivity contribution < 1.29 is 14.3 Å². The van der Waals surface area contributed by atoms with Gasteiger partial charge >= 0.3 is 0 Å². The molecular weight excluding hydrogens is 330 g/mol. The van der Waals surface area contributed by atoms with Crippen molar-refractivity contribution in [2.24, 2.45) is 0 Å². The van der Waals surface area contributed by atoms with Crippen molar-refractivity contribution in [2.45, 2.75) is 18.9 Å². The van der Waals surface area contributed by atoms with Crippen LogP contribution in [-0.2, 0) is 16.0 Å². The lowest BCUT2D eigenvalue weighted by molar-refractivity contribution is -0.128.